The Kier molecular flexibility index (Phi) is 6.45. The van der Waals surface area contributed by atoms with E-state index in [1.807, 2.05) is 0 Å². The summed E-state index contributed by atoms with van der Waals surface area (Å²) in [4.78, 5) is 22.7. The molecule has 7 heteroatoms. The topological polar surface area (TPSA) is 102 Å². The molecular weight excluding hydrogens is 280 g/mol. The number of aliphatic carboxylic acids is 1. The van der Waals surface area contributed by atoms with Crippen molar-refractivity contribution in [2.45, 2.75) is 11.3 Å². The first-order valence-corrected chi connectivity index (χ1v) is 6.80. The molecule has 0 saturated heterocycles. The van der Waals surface area contributed by atoms with Crippen LogP contribution in [0, 0.1) is 0 Å². The summed E-state index contributed by atoms with van der Waals surface area (Å²) in [6.45, 7) is 3.56. The number of thioether (sulfide) groups is 1. The van der Waals surface area contributed by atoms with Gasteiger partial charge in [0, 0.05) is 16.3 Å². The molecule has 0 radical (unpaired) electrons. The van der Waals surface area contributed by atoms with Gasteiger partial charge in [0.25, 0.3) is 0 Å². The molecule has 0 aliphatic heterocycles. The molecule has 0 atom stereocenters. The van der Waals surface area contributed by atoms with Gasteiger partial charge in [-0.1, -0.05) is 12.7 Å². The zero-order valence-electron chi connectivity index (χ0n) is 10.8. The van der Waals surface area contributed by atoms with Crippen molar-refractivity contribution in [3.63, 3.8) is 0 Å². The molecule has 20 heavy (non-hydrogen) atoms. The third-order valence-electron chi connectivity index (χ3n) is 2.15. The van der Waals surface area contributed by atoms with Crippen LogP contribution in [-0.2, 0) is 9.53 Å². The molecule has 0 heterocycles. The summed E-state index contributed by atoms with van der Waals surface area (Å²) in [6, 6.07) is 4.97. The molecule has 1 aromatic carbocycles. The van der Waals surface area contributed by atoms with Crippen LogP contribution in [0.1, 0.15) is 6.42 Å². The summed E-state index contributed by atoms with van der Waals surface area (Å²) in [5.41, 5.74) is 6.75. The number of anilines is 2. The zero-order chi connectivity index (χ0) is 15.0. The van der Waals surface area contributed by atoms with E-state index in [-0.39, 0.29) is 13.0 Å². The number of benzene rings is 1. The van der Waals surface area contributed by atoms with Crippen molar-refractivity contribution in [2.24, 2.45) is 0 Å². The highest BCUT2D eigenvalue weighted by molar-refractivity contribution is 7.99. The summed E-state index contributed by atoms with van der Waals surface area (Å²) in [7, 11) is 0. The van der Waals surface area contributed by atoms with Gasteiger partial charge in [0.2, 0.25) is 0 Å². The summed E-state index contributed by atoms with van der Waals surface area (Å²) in [5, 5.41) is 11.2. The lowest BCUT2D eigenvalue weighted by Crippen LogP contribution is -2.14. The minimum Gasteiger partial charge on any atom is -0.481 e. The highest BCUT2D eigenvalue weighted by atomic mass is 32.2. The molecule has 0 aliphatic carbocycles. The van der Waals surface area contributed by atoms with Gasteiger partial charge in [-0.15, -0.1) is 11.8 Å². The molecule has 0 bridgehead atoms. The van der Waals surface area contributed by atoms with Crippen molar-refractivity contribution in [3.8, 4) is 0 Å². The second kappa shape index (κ2) is 8.11. The lowest BCUT2D eigenvalue weighted by molar-refractivity contribution is -0.136. The predicted octanol–water partition coefficient (Wildman–Crippen LogP) is 2.57. The fraction of sp³-hybridized carbons (Fsp3) is 0.231. The van der Waals surface area contributed by atoms with Gasteiger partial charge in [-0.25, -0.2) is 4.79 Å². The smallest absolute Gasteiger partial charge is 0.411 e. The van der Waals surface area contributed by atoms with Crippen LogP contribution in [0.2, 0.25) is 0 Å². The van der Waals surface area contributed by atoms with E-state index >= 15 is 0 Å². The number of nitrogen functional groups attached to an aromatic ring is 1. The molecule has 1 amide bonds. The molecule has 0 fully saturated rings. The van der Waals surface area contributed by atoms with Gasteiger partial charge in [0.15, 0.2) is 0 Å². The molecule has 0 spiro atoms. The molecular formula is C13H16N2O4S. The van der Waals surface area contributed by atoms with E-state index in [2.05, 4.69) is 11.9 Å². The second-order valence-electron chi connectivity index (χ2n) is 3.76. The van der Waals surface area contributed by atoms with Crippen molar-refractivity contribution in [1.82, 2.24) is 0 Å². The Labute approximate surface area is 121 Å². The Morgan fingerprint density at radius 2 is 2.25 bits per heavy atom. The van der Waals surface area contributed by atoms with Crippen LogP contribution in [0.5, 0.6) is 0 Å². The highest BCUT2D eigenvalue weighted by Crippen LogP contribution is 2.30. The van der Waals surface area contributed by atoms with E-state index in [1.165, 1.54) is 17.8 Å². The van der Waals surface area contributed by atoms with Crippen LogP contribution in [-0.4, -0.2) is 29.5 Å². The monoisotopic (exact) mass is 296 g/mol. The van der Waals surface area contributed by atoms with Crippen LogP contribution < -0.4 is 11.1 Å². The Morgan fingerprint density at radius 3 is 2.90 bits per heavy atom. The van der Waals surface area contributed by atoms with E-state index in [9.17, 15) is 9.59 Å². The number of rotatable bonds is 7. The van der Waals surface area contributed by atoms with Crippen LogP contribution >= 0.6 is 11.8 Å². The summed E-state index contributed by atoms with van der Waals surface area (Å²) < 4.78 is 4.82. The van der Waals surface area contributed by atoms with E-state index in [0.717, 1.165) is 0 Å². The largest absolute Gasteiger partial charge is 0.481 e. The summed E-state index contributed by atoms with van der Waals surface area (Å²) in [5.74, 6) is -0.490. The number of carbonyl (C=O) groups is 2. The fourth-order valence-electron chi connectivity index (χ4n) is 1.29. The lowest BCUT2D eigenvalue weighted by atomic mass is 10.3. The normalized spacial score (nSPS) is 9.80. The van der Waals surface area contributed by atoms with Crippen molar-refractivity contribution in [2.75, 3.05) is 23.4 Å². The number of ether oxygens (including phenoxy) is 1. The van der Waals surface area contributed by atoms with Crippen molar-refractivity contribution in [1.29, 1.82) is 0 Å². The standard InChI is InChI=1S/C13H16N2O4S/c1-2-6-19-13(18)15-10-4-3-9(14)8-11(10)20-7-5-12(16)17/h2-4,8H,1,5-7,14H2,(H,15,18)(H,16,17). The lowest BCUT2D eigenvalue weighted by Gasteiger charge is -2.11. The number of hydrogen-bond donors (Lipinski definition) is 3. The number of hydrogen-bond acceptors (Lipinski definition) is 5. The first-order chi connectivity index (χ1) is 9.52. The van der Waals surface area contributed by atoms with Crippen LogP contribution in [0.3, 0.4) is 0 Å². The van der Waals surface area contributed by atoms with Gasteiger partial charge in [0.05, 0.1) is 12.1 Å². The van der Waals surface area contributed by atoms with E-state index in [0.29, 0.717) is 22.0 Å². The quantitative estimate of drug-likeness (QED) is 0.406. The summed E-state index contributed by atoms with van der Waals surface area (Å²) in [6.07, 6.45) is 0.889. The number of carboxylic acids is 1. The number of carbonyl (C=O) groups excluding carboxylic acids is 1. The van der Waals surface area contributed by atoms with Gasteiger partial charge in [-0.2, -0.15) is 0 Å². The molecule has 1 rings (SSSR count). The molecule has 4 N–H and O–H groups in total. The fourth-order valence-corrected chi connectivity index (χ4v) is 2.28. The minimum absolute atomic E-state index is 0.0276. The van der Waals surface area contributed by atoms with Crippen LogP contribution in [0.15, 0.2) is 35.7 Å². The minimum atomic E-state index is -0.874. The Bertz CT molecular complexity index is 505. The predicted molar refractivity (Wildman–Crippen MR) is 79.0 cm³/mol. The maximum absolute atomic E-state index is 11.5. The second-order valence-corrected chi connectivity index (χ2v) is 4.90. The zero-order valence-corrected chi connectivity index (χ0v) is 11.6. The molecule has 1 aromatic rings. The third-order valence-corrected chi connectivity index (χ3v) is 3.21. The molecule has 0 aliphatic rings. The molecule has 108 valence electrons. The van der Waals surface area contributed by atoms with Crippen molar-refractivity contribution < 1.29 is 19.4 Å². The van der Waals surface area contributed by atoms with Crippen LogP contribution in [0.4, 0.5) is 16.2 Å². The average molecular weight is 296 g/mol. The van der Waals surface area contributed by atoms with Gasteiger partial charge in [0.1, 0.15) is 6.61 Å². The molecule has 0 unspecified atom stereocenters. The van der Waals surface area contributed by atoms with Crippen molar-refractivity contribution in [3.05, 3.63) is 30.9 Å². The molecule has 6 nitrogen and oxygen atoms in total. The first kappa shape index (κ1) is 15.9. The SMILES string of the molecule is C=CCOC(=O)Nc1ccc(N)cc1SCCC(=O)O. The van der Waals surface area contributed by atoms with Gasteiger partial charge < -0.3 is 15.6 Å². The Hall–Kier alpha value is -2.15. The van der Waals surface area contributed by atoms with E-state index in [1.54, 1.807) is 18.2 Å². The van der Waals surface area contributed by atoms with Gasteiger partial charge in [-0.05, 0) is 18.2 Å². The number of nitrogens with two attached hydrogens (primary N) is 1. The van der Waals surface area contributed by atoms with Gasteiger partial charge >= 0.3 is 12.1 Å². The van der Waals surface area contributed by atoms with E-state index in [4.69, 9.17) is 15.6 Å². The van der Waals surface area contributed by atoms with Crippen LogP contribution in [0.25, 0.3) is 0 Å². The molecule has 0 aromatic heterocycles. The maximum Gasteiger partial charge on any atom is 0.411 e. The van der Waals surface area contributed by atoms with Crippen molar-refractivity contribution >= 4 is 35.2 Å². The summed E-state index contributed by atoms with van der Waals surface area (Å²) >= 11 is 1.30. The maximum atomic E-state index is 11.5. The Balaban J connectivity index is 2.71. The average Bonchev–Trinajstić information content (AvgIpc) is 2.39. The highest BCUT2D eigenvalue weighted by Gasteiger charge is 2.09. The Morgan fingerprint density at radius 1 is 1.50 bits per heavy atom. The number of carboxylic acid groups (broad SMARTS) is 1. The third kappa shape index (κ3) is 5.66. The number of nitrogens with one attached hydrogen (secondary N) is 1. The number of amides is 1. The molecule has 0 saturated carbocycles. The van der Waals surface area contributed by atoms with Gasteiger partial charge in [-0.3, -0.25) is 10.1 Å². The van der Waals surface area contributed by atoms with E-state index < -0.39 is 12.1 Å². The first-order valence-electron chi connectivity index (χ1n) is 5.81.